The second-order valence-corrected chi connectivity index (χ2v) is 4.97. The summed E-state index contributed by atoms with van der Waals surface area (Å²) in [4.78, 5) is 22.7. The Kier molecular flexibility index (Phi) is 12.1. The molecule has 2 unspecified atom stereocenters. The van der Waals surface area contributed by atoms with E-state index in [0.717, 1.165) is 0 Å². The molecular weight excluding hydrogens is 280 g/mol. The van der Waals surface area contributed by atoms with Crippen LogP contribution in [0.15, 0.2) is 0 Å². The van der Waals surface area contributed by atoms with Gasteiger partial charge in [0.2, 0.25) is 6.29 Å². The third-order valence-electron chi connectivity index (χ3n) is 2.61. The monoisotopic (exact) mass is 308 g/mol. The van der Waals surface area contributed by atoms with Crippen LogP contribution in [0.25, 0.3) is 0 Å². The molecular formula is C14H28O7. The lowest BCUT2D eigenvalue weighted by Gasteiger charge is -2.27. The molecule has 0 aromatic heterocycles. The zero-order valence-electron chi connectivity index (χ0n) is 13.7. The van der Waals surface area contributed by atoms with Gasteiger partial charge in [-0.3, -0.25) is 9.59 Å². The van der Waals surface area contributed by atoms with Gasteiger partial charge in [0, 0.05) is 20.6 Å². The highest BCUT2D eigenvalue weighted by atomic mass is 16.6. The quantitative estimate of drug-likeness (QED) is 0.531. The summed E-state index contributed by atoms with van der Waals surface area (Å²) in [6.07, 6.45) is -1.03. The summed E-state index contributed by atoms with van der Waals surface area (Å²) in [6, 6.07) is 0. The molecule has 2 atom stereocenters. The number of aliphatic hydroxyl groups excluding tert-OH is 2. The minimum absolute atomic E-state index is 0.0741. The first kappa shape index (κ1) is 22.1. The van der Waals surface area contributed by atoms with Gasteiger partial charge in [-0.25, -0.2) is 0 Å². The fourth-order valence-corrected chi connectivity index (χ4v) is 1.00. The van der Waals surface area contributed by atoms with Crippen molar-refractivity contribution in [3.8, 4) is 0 Å². The van der Waals surface area contributed by atoms with E-state index in [9.17, 15) is 14.7 Å². The van der Waals surface area contributed by atoms with Gasteiger partial charge in [0.25, 0.3) is 0 Å². The minimum Gasteiger partial charge on any atom is -0.459 e. The second-order valence-electron chi connectivity index (χ2n) is 4.97. The number of aliphatic hydroxyl groups is 2. The molecule has 0 fully saturated rings. The lowest BCUT2D eigenvalue weighted by Crippen LogP contribution is -2.39. The molecule has 0 saturated carbocycles. The second kappa shape index (κ2) is 11.5. The Morgan fingerprint density at radius 2 is 1.67 bits per heavy atom. The average Bonchev–Trinajstić information content (AvgIpc) is 2.39. The first-order chi connectivity index (χ1) is 9.68. The summed E-state index contributed by atoms with van der Waals surface area (Å²) in [7, 11) is 3.25. The highest BCUT2D eigenvalue weighted by Gasteiger charge is 2.33. The van der Waals surface area contributed by atoms with Crippen molar-refractivity contribution in [2.45, 2.75) is 52.4 Å². The molecule has 0 saturated heterocycles. The maximum absolute atomic E-state index is 11.7. The molecule has 7 nitrogen and oxygen atoms in total. The largest absolute Gasteiger partial charge is 0.459 e. The molecule has 0 aliphatic carbocycles. The molecule has 21 heavy (non-hydrogen) atoms. The fourth-order valence-electron chi connectivity index (χ4n) is 1.00. The third-order valence-corrected chi connectivity index (χ3v) is 2.61. The molecule has 7 heteroatoms. The van der Waals surface area contributed by atoms with Crippen LogP contribution in [0.2, 0.25) is 0 Å². The Labute approximate surface area is 126 Å². The SMILES string of the molecule is CCC(=O)OC(O)C(CO)C(=O)OC(C)(C)CC.COC. The molecule has 2 N–H and O–H groups in total. The van der Waals surface area contributed by atoms with Crippen LogP contribution in [-0.2, 0) is 23.8 Å². The molecule has 0 aliphatic rings. The highest BCUT2D eigenvalue weighted by molar-refractivity contribution is 5.74. The predicted octanol–water partition coefficient (Wildman–Crippen LogP) is 0.861. The van der Waals surface area contributed by atoms with Gasteiger partial charge >= 0.3 is 11.9 Å². The van der Waals surface area contributed by atoms with Crippen molar-refractivity contribution in [1.29, 1.82) is 0 Å². The maximum Gasteiger partial charge on any atom is 0.318 e. The molecule has 0 aliphatic heterocycles. The number of rotatable bonds is 7. The van der Waals surface area contributed by atoms with Crippen molar-refractivity contribution in [1.82, 2.24) is 0 Å². The number of hydrogen-bond donors (Lipinski definition) is 2. The number of carbonyl (C=O) groups excluding carboxylic acids is 2. The van der Waals surface area contributed by atoms with Gasteiger partial charge < -0.3 is 24.4 Å². The fraction of sp³-hybridized carbons (Fsp3) is 0.857. The van der Waals surface area contributed by atoms with E-state index in [1.807, 2.05) is 6.92 Å². The first-order valence-electron chi connectivity index (χ1n) is 6.80. The molecule has 0 spiro atoms. The lowest BCUT2D eigenvalue weighted by molar-refractivity contribution is -0.195. The number of methoxy groups -OCH3 is 1. The first-order valence-corrected chi connectivity index (χ1v) is 6.80. The Morgan fingerprint density at radius 3 is 2.00 bits per heavy atom. The van der Waals surface area contributed by atoms with Gasteiger partial charge in [-0.15, -0.1) is 0 Å². The van der Waals surface area contributed by atoms with Crippen LogP contribution in [0.5, 0.6) is 0 Å². The Hall–Kier alpha value is -1.18. The van der Waals surface area contributed by atoms with E-state index in [0.29, 0.717) is 6.42 Å². The summed E-state index contributed by atoms with van der Waals surface area (Å²) in [5, 5.41) is 18.6. The predicted molar refractivity (Wildman–Crippen MR) is 76.4 cm³/mol. The van der Waals surface area contributed by atoms with Crippen LogP contribution in [0.1, 0.15) is 40.5 Å². The van der Waals surface area contributed by atoms with Crippen molar-refractivity contribution < 1.29 is 34.0 Å². The molecule has 0 heterocycles. The van der Waals surface area contributed by atoms with Gasteiger partial charge in [0.1, 0.15) is 11.5 Å². The molecule has 0 radical (unpaired) electrons. The molecule has 0 rings (SSSR count). The Bertz CT molecular complexity index is 302. The van der Waals surface area contributed by atoms with E-state index in [1.54, 1.807) is 35.0 Å². The standard InChI is InChI=1S/C12H22O6.C2H6O/c1-5-9(14)17-10(15)8(7-13)11(16)18-12(3,4)6-2;1-3-2/h8,10,13,15H,5-7H2,1-4H3;1-2H3. The Balaban J connectivity index is 0. The van der Waals surface area contributed by atoms with Gasteiger partial charge in [0.05, 0.1) is 6.61 Å². The third kappa shape index (κ3) is 10.2. The van der Waals surface area contributed by atoms with Crippen molar-refractivity contribution in [2.75, 3.05) is 20.8 Å². The van der Waals surface area contributed by atoms with Crippen LogP contribution in [0.4, 0.5) is 0 Å². The summed E-state index contributed by atoms with van der Waals surface area (Å²) in [5.41, 5.74) is -0.695. The highest BCUT2D eigenvalue weighted by Crippen LogP contribution is 2.18. The van der Waals surface area contributed by atoms with Crippen molar-refractivity contribution >= 4 is 11.9 Å². The summed E-state index contributed by atoms with van der Waals surface area (Å²) in [6.45, 7) is 6.17. The lowest BCUT2D eigenvalue weighted by atomic mass is 10.1. The van der Waals surface area contributed by atoms with E-state index >= 15 is 0 Å². The van der Waals surface area contributed by atoms with Gasteiger partial charge in [0.15, 0.2) is 0 Å². The van der Waals surface area contributed by atoms with Gasteiger partial charge in [-0.05, 0) is 20.3 Å². The van der Waals surface area contributed by atoms with Gasteiger partial charge in [-0.1, -0.05) is 13.8 Å². The number of esters is 2. The van der Waals surface area contributed by atoms with E-state index in [1.165, 1.54) is 0 Å². The Morgan fingerprint density at radius 1 is 1.19 bits per heavy atom. The summed E-state index contributed by atoms with van der Waals surface area (Å²) >= 11 is 0. The smallest absolute Gasteiger partial charge is 0.318 e. The van der Waals surface area contributed by atoms with Crippen LogP contribution in [-0.4, -0.2) is 54.9 Å². The average molecular weight is 308 g/mol. The van der Waals surface area contributed by atoms with Crippen molar-refractivity contribution in [3.05, 3.63) is 0 Å². The molecule has 0 aromatic rings. The zero-order valence-corrected chi connectivity index (χ0v) is 13.7. The summed E-state index contributed by atoms with van der Waals surface area (Å²) < 4.78 is 14.0. The normalized spacial score (nSPS) is 13.5. The van der Waals surface area contributed by atoms with Crippen molar-refractivity contribution in [3.63, 3.8) is 0 Å². The number of ether oxygens (including phenoxy) is 3. The topological polar surface area (TPSA) is 102 Å². The number of carbonyl (C=O) groups is 2. The van der Waals surface area contributed by atoms with Crippen LogP contribution in [0.3, 0.4) is 0 Å². The van der Waals surface area contributed by atoms with E-state index in [4.69, 9.17) is 9.84 Å². The molecule has 0 bridgehead atoms. The minimum atomic E-state index is -1.69. The van der Waals surface area contributed by atoms with Crippen molar-refractivity contribution in [2.24, 2.45) is 5.92 Å². The van der Waals surface area contributed by atoms with Gasteiger partial charge in [-0.2, -0.15) is 0 Å². The van der Waals surface area contributed by atoms with E-state index < -0.39 is 36.4 Å². The molecule has 126 valence electrons. The summed E-state index contributed by atoms with van der Waals surface area (Å²) in [5.74, 6) is -2.73. The van der Waals surface area contributed by atoms with Crippen LogP contribution >= 0.6 is 0 Å². The number of hydrogen-bond acceptors (Lipinski definition) is 7. The molecule has 0 amide bonds. The zero-order chi connectivity index (χ0) is 17.1. The van der Waals surface area contributed by atoms with E-state index in [-0.39, 0.29) is 6.42 Å². The molecule has 0 aromatic carbocycles. The van der Waals surface area contributed by atoms with Crippen LogP contribution in [0, 0.1) is 5.92 Å². The maximum atomic E-state index is 11.7. The van der Waals surface area contributed by atoms with E-state index in [2.05, 4.69) is 9.47 Å². The van der Waals surface area contributed by atoms with Crippen LogP contribution < -0.4 is 0 Å².